The van der Waals surface area contributed by atoms with Crippen LogP contribution in [0.2, 0.25) is 0 Å². The van der Waals surface area contributed by atoms with Crippen molar-refractivity contribution in [3.05, 3.63) is 35.6 Å². The van der Waals surface area contributed by atoms with Crippen LogP contribution in [0.3, 0.4) is 0 Å². The fourth-order valence-electron chi connectivity index (χ4n) is 4.33. The number of hydrogen-bond donors (Lipinski definition) is 2. The van der Waals surface area contributed by atoms with Crippen LogP contribution < -0.4 is 10.6 Å². The number of nitrogens with one attached hydrogen (secondary N) is 2. The van der Waals surface area contributed by atoms with Crippen molar-refractivity contribution in [1.29, 1.82) is 0 Å². The maximum atomic E-state index is 13.0. The van der Waals surface area contributed by atoms with Crippen LogP contribution in [0.15, 0.2) is 24.3 Å². The molecule has 30 heavy (non-hydrogen) atoms. The van der Waals surface area contributed by atoms with E-state index in [-0.39, 0.29) is 41.8 Å². The Morgan fingerprint density at radius 3 is 2.13 bits per heavy atom. The summed E-state index contributed by atoms with van der Waals surface area (Å²) >= 11 is 0. The van der Waals surface area contributed by atoms with Gasteiger partial charge in [-0.15, -0.1) is 0 Å². The number of halogens is 1. The molecule has 1 atom stereocenters. The zero-order valence-electron chi connectivity index (χ0n) is 17.5. The quantitative estimate of drug-likeness (QED) is 0.669. The van der Waals surface area contributed by atoms with Crippen LogP contribution in [0, 0.1) is 17.7 Å². The largest absolute Gasteiger partial charge is 0.354 e. The number of nitrogens with zero attached hydrogens (tertiary/aromatic N) is 1. The first-order valence-corrected chi connectivity index (χ1v) is 11.1. The summed E-state index contributed by atoms with van der Waals surface area (Å²) in [5, 5.41) is 5.82. The molecule has 1 saturated carbocycles. The van der Waals surface area contributed by atoms with E-state index in [1.54, 1.807) is 17.0 Å². The molecule has 3 amide bonds. The fraction of sp³-hybridized carbons (Fsp3) is 0.609. The average Bonchev–Trinajstić information content (AvgIpc) is 2.78. The van der Waals surface area contributed by atoms with E-state index in [1.807, 2.05) is 0 Å². The minimum absolute atomic E-state index is 0.0427. The van der Waals surface area contributed by atoms with Gasteiger partial charge in [0.25, 0.3) is 0 Å². The van der Waals surface area contributed by atoms with Gasteiger partial charge in [0, 0.05) is 32.1 Å². The van der Waals surface area contributed by atoms with Gasteiger partial charge in [-0.25, -0.2) is 4.39 Å². The Balaban J connectivity index is 1.37. The lowest BCUT2D eigenvalue weighted by atomic mass is 9.89. The van der Waals surface area contributed by atoms with Crippen molar-refractivity contribution in [3.8, 4) is 0 Å². The van der Waals surface area contributed by atoms with E-state index < -0.39 is 0 Å². The summed E-state index contributed by atoms with van der Waals surface area (Å²) in [5.74, 6) is -0.450. The number of likely N-dealkylation sites (tertiary alicyclic amines) is 1. The zero-order valence-corrected chi connectivity index (χ0v) is 17.5. The Morgan fingerprint density at radius 2 is 1.47 bits per heavy atom. The molecule has 1 aliphatic carbocycles. The molecular formula is C23H32FN3O3. The summed E-state index contributed by atoms with van der Waals surface area (Å²) in [5.41, 5.74) is 0.765. The standard InChI is InChI=1S/C23H32FN3O3/c24-20-10-8-17(9-11-20)15-21(28)27-14-4-7-19(16-27)23(30)26-13-12-25-22(29)18-5-2-1-3-6-18/h8-11,18-19H,1-7,12-16H2,(H,25,29)(H,26,30). The van der Waals surface area contributed by atoms with E-state index >= 15 is 0 Å². The summed E-state index contributed by atoms with van der Waals surface area (Å²) < 4.78 is 13.0. The summed E-state index contributed by atoms with van der Waals surface area (Å²) in [6, 6.07) is 5.93. The zero-order chi connectivity index (χ0) is 21.3. The molecule has 1 aromatic carbocycles. The van der Waals surface area contributed by atoms with Crippen molar-refractivity contribution >= 4 is 17.7 Å². The van der Waals surface area contributed by atoms with Crippen LogP contribution in [0.1, 0.15) is 50.5 Å². The predicted octanol–water partition coefficient (Wildman–Crippen LogP) is 2.42. The van der Waals surface area contributed by atoms with Crippen molar-refractivity contribution in [3.63, 3.8) is 0 Å². The molecule has 2 N–H and O–H groups in total. The van der Waals surface area contributed by atoms with Gasteiger partial charge >= 0.3 is 0 Å². The van der Waals surface area contributed by atoms with Gasteiger partial charge < -0.3 is 15.5 Å². The summed E-state index contributed by atoms with van der Waals surface area (Å²) in [6.07, 6.45) is 7.11. The maximum Gasteiger partial charge on any atom is 0.227 e. The van der Waals surface area contributed by atoms with Gasteiger partial charge in [0.05, 0.1) is 12.3 Å². The monoisotopic (exact) mass is 417 g/mol. The molecule has 3 rings (SSSR count). The van der Waals surface area contributed by atoms with E-state index in [0.717, 1.165) is 44.1 Å². The van der Waals surface area contributed by atoms with Gasteiger partial charge in [-0.2, -0.15) is 0 Å². The van der Waals surface area contributed by atoms with Crippen LogP contribution >= 0.6 is 0 Å². The summed E-state index contributed by atoms with van der Waals surface area (Å²) in [4.78, 5) is 38.9. The van der Waals surface area contributed by atoms with E-state index in [0.29, 0.717) is 26.2 Å². The first kappa shape index (κ1) is 22.2. The van der Waals surface area contributed by atoms with Crippen LogP contribution in [0.4, 0.5) is 4.39 Å². The van der Waals surface area contributed by atoms with Crippen LogP contribution in [-0.4, -0.2) is 48.8 Å². The number of amides is 3. The SMILES string of the molecule is O=C(NCCNC(=O)C1CCCN(C(=O)Cc2ccc(F)cc2)C1)C1CCCCC1. The maximum absolute atomic E-state index is 13.0. The Hall–Kier alpha value is -2.44. The first-order valence-electron chi connectivity index (χ1n) is 11.1. The molecule has 0 spiro atoms. The molecule has 1 aliphatic heterocycles. The van der Waals surface area contributed by atoms with Crippen molar-refractivity contribution in [2.75, 3.05) is 26.2 Å². The van der Waals surface area contributed by atoms with Gasteiger partial charge in [-0.1, -0.05) is 31.4 Å². The van der Waals surface area contributed by atoms with Crippen molar-refractivity contribution < 1.29 is 18.8 Å². The smallest absolute Gasteiger partial charge is 0.227 e. The molecular weight excluding hydrogens is 385 g/mol. The van der Waals surface area contributed by atoms with Gasteiger partial charge in [0.15, 0.2) is 0 Å². The number of carbonyl (C=O) groups is 3. The molecule has 2 aliphatic rings. The lowest BCUT2D eigenvalue weighted by Crippen LogP contribution is -2.47. The van der Waals surface area contributed by atoms with Crippen molar-refractivity contribution in [1.82, 2.24) is 15.5 Å². The number of benzene rings is 1. The lowest BCUT2D eigenvalue weighted by Gasteiger charge is -2.32. The highest BCUT2D eigenvalue weighted by atomic mass is 19.1. The number of rotatable bonds is 7. The third-order valence-corrected chi connectivity index (χ3v) is 6.11. The molecule has 1 saturated heterocycles. The van der Waals surface area contributed by atoms with Crippen LogP contribution in [-0.2, 0) is 20.8 Å². The molecule has 1 unspecified atom stereocenters. The Morgan fingerprint density at radius 1 is 0.867 bits per heavy atom. The molecule has 0 bridgehead atoms. The second-order valence-electron chi connectivity index (χ2n) is 8.40. The first-order chi connectivity index (χ1) is 14.5. The second-order valence-corrected chi connectivity index (χ2v) is 8.40. The van der Waals surface area contributed by atoms with E-state index in [1.165, 1.54) is 18.6 Å². The Labute approximate surface area is 177 Å². The summed E-state index contributed by atoms with van der Waals surface area (Å²) in [6.45, 7) is 1.87. The Bertz CT molecular complexity index is 732. The highest BCUT2D eigenvalue weighted by Gasteiger charge is 2.28. The highest BCUT2D eigenvalue weighted by molar-refractivity contribution is 5.82. The number of piperidine rings is 1. The van der Waals surface area contributed by atoms with Crippen molar-refractivity contribution in [2.24, 2.45) is 11.8 Å². The third kappa shape index (κ3) is 6.54. The van der Waals surface area contributed by atoms with Gasteiger partial charge in [0.1, 0.15) is 5.82 Å². The number of hydrogen-bond acceptors (Lipinski definition) is 3. The molecule has 164 valence electrons. The molecule has 1 aromatic rings. The summed E-state index contributed by atoms with van der Waals surface area (Å²) in [7, 11) is 0. The number of carbonyl (C=O) groups excluding carboxylic acids is 3. The Kier molecular flexibility index (Phi) is 8.22. The minimum atomic E-state index is -0.323. The van der Waals surface area contributed by atoms with E-state index in [2.05, 4.69) is 10.6 Å². The van der Waals surface area contributed by atoms with Gasteiger partial charge in [-0.05, 0) is 43.4 Å². The van der Waals surface area contributed by atoms with Crippen LogP contribution in [0.25, 0.3) is 0 Å². The van der Waals surface area contributed by atoms with Crippen LogP contribution in [0.5, 0.6) is 0 Å². The van der Waals surface area contributed by atoms with E-state index in [4.69, 9.17) is 0 Å². The van der Waals surface area contributed by atoms with Gasteiger partial charge in [0.2, 0.25) is 17.7 Å². The predicted molar refractivity (Wildman–Crippen MR) is 112 cm³/mol. The van der Waals surface area contributed by atoms with Gasteiger partial charge in [-0.3, -0.25) is 14.4 Å². The molecule has 2 fully saturated rings. The molecule has 0 radical (unpaired) electrons. The second kappa shape index (κ2) is 11.1. The lowest BCUT2D eigenvalue weighted by molar-refractivity contribution is -0.135. The minimum Gasteiger partial charge on any atom is -0.354 e. The van der Waals surface area contributed by atoms with E-state index in [9.17, 15) is 18.8 Å². The topological polar surface area (TPSA) is 78.5 Å². The fourth-order valence-corrected chi connectivity index (χ4v) is 4.33. The molecule has 1 heterocycles. The highest BCUT2D eigenvalue weighted by Crippen LogP contribution is 2.23. The third-order valence-electron chi connectivity index (χ3n) is 6.11. The molecule has 6 nitrogen and oxygen atoms in total. The molecule has 0 aromatic heterocycles. The average molecular weight is 418 g/mol. The molecule has 7 heteroatoms. The van der Waals surface area contributed by atoms with Crippen molar-refractivity contribution in [2.45, 2.75) is 51.4 Å². The normalized spacial score (nSPS) is 19.9.